The van der Waals surface area contributed by atoms with Crippen molar-refractivity contribution in [2.75, 3.05) is 13.2 Å². The number of rotatable bonds is 5. The molecule has 2 aromatic rings. The number of amides is 1. The maximum Gasteiger partial charge on any atom is 0.254 e. The van der Waals surface area contributed by atoms with Crippen LogP contribution in [0.4, 0.5) is 0 Å². The van der Waals surface area contributed by atoms with Crippen LogP contribution in [0.3, 0.4) is 0 Å². The smallest absolute Gasteiger partial charge is 0.254 e. The van der Waals surface area contributed by atoms with Crippen LogP contribution in [0, 0.1) is 19.8 Å². The van der Waals surface area contributed by atoms with E-state index in [4.69, 9.17) is 5.11 Å². The molecule has 0 aromatic carbocycles. The van der Waals surface area contributed by atoms with Gasteiger partial charge in [0.15, 0.2) is 5.65 Å². The van der Waals surface area contributed by atoms with Gasteiger partial charge in [0, 0.05) is 25.4 Å². The Morgan fingerprint density at radius 1 is 1.50 bits per heavy atom. The third kappa shape index (κ3) is 2.96. The molecule has 0 aliphatic heterocycles. The molecule has 0 bridgehead atoms. The predicted octanol–water partition coefficient (Wildman–Crippen LogP) is 1.09. The van der Waals surface area contributed by atoms with Crippen LogP contribution in [-0.4, -0.2) is 38.8 Å². The highest BCUT2D eigenvalue weighted by atomic mass is 16.3. The molecule has 108 valence electrons. The molecule has 0 fully saturated rings. The molecular weight excluding hydrogens is 256 g/mol. The van der Waals surface area contributed by atoms with Crippen molar-refractivity contribution in [3.8, 4) is 0 Å². The van der Waals surface area contributed by atoms with E-state index in [1.807, 2.05) is 26.8 Å². The summed E-state index contributed by atoms with van der Waals surface area (Å²) in [6.07, 6.45) is 2.26. The summed E-state index contributed by atoms with van der Waals surface area (Å²) in [5.74, 6) is 0.0859. The van der Waals surface area contributed by atoms with Gasteiger partial charge >= 0.3 is 0 Å². The summed E-state index contributed by atoms with van der Waals surface area (Å²) < 4.78 is 1.68. The SMILES string of the molecule is Cc1cc2ncc(C(=O)NCC(C)CCO)c(C)n2n1. The zero-order chi connectivity index (χ0) is 14.7. The Bertz CT molecular complexity index is 621. The van der Waals surface area contributed by atoms with E-state index in [1.54, 1.807) is 10.7 Å². The van der Waals surface area contributed by atoms with Gasteiger partial charge < -0.3 is 10.4 Å². The van der Waals surface area contributed by atoms with E-state index in [2.05, 4.69) is 15.4 Å². The van der Waals surface area contributed by atoms with Gasteiger partial charge in [0.2, 0.25) is 0 Å². The van der Waals surface area contributed by atoms with Crippen molar-refractivity contribution in [3.63, 3.8) is 0 Å². The zero-order valence-electron chi connectivity index (χ0n) is 12.1. The predicted molar refractivity (Wildman–Crippen MR) is 75.7 cm³/mol. The number of fused-ring (bicyclic) bond motifs is 1. The molecule has 0 saturated heterocycles. The fraction of sp³-hybridized carbons (Fsp3) is 0.500. The molecule has 0 saturated carbocycles. The number of carbonyl (C=O) groups excluding carboxylic acids is 1. The van der Waals surface area contributed by atoms with E-state index < -0.39 is 0 Å². The topological polar surface area (TPSA) is 79.5 Å². The third-order valence-electron chi connectivity index (χ3n) is 3.32. The maximum absolute atomic E-state index is 12.2. The van der Waals surface area contributed by atoms with Crippen LogP contribution in [0.15, 0.2) is 12.3 Å². The Morgan fingerprint density at radius 2 is 2.25 bits per heavy atom. The molecule has 0 spiro atoms. The molecule has 2 heterocycles. The van der Waals surface area contributed by atoms with Gasteiger partial charge in [-0.25, -0.2) is 9.50 Å². The molecule has 2 aromatic heterocycles. The zero-order valence-corrected chi connectivity index (χ0v) is 12.1. The van der Waals surface area contributed by atoms with Crippen LogP contribution in [0.1, 0.15) is 35.1 Å². The van der Waals surface area contributed by atoms with E-state index in [-0.39, 0.29) is 18.4 Å². The van der Waals surface area contributed by atoms with Crippen molar-refractivity contribution >= 4 is 11.6 Å². The standard InChI is InChI=1S/C14H20N4O2/c1-9(4-5-19)7-16-14(20)12-8-15-13-6-10(2)17-18(13)11(12)3/h6,8-9,19H,4-5,7H2,1-3H3,(H,16,20). The number of aryl methyl sites for hydroxylation is 2. The first-order valence-corrected chi connectivity index (χ1v) is 6.74. The second kappa shape index (κ2) is 6.00. The lowest BCUT2D eigenvalue weighted by Gasteiger charge is -2.12. The number of nitrogens with zero attached hydrogens (tertiary/aromatic N) is 3. The summed E-state index contributed by atoms with van der Waals surface area (Å²) in [5, 5.41) is 16.0. The lowest BCUT2D eigenvalue weighted by molar-refractivity contribution is 0.0943. The van der Waals surface area contributed by atoms with Crippen LogP contribution in [-0.2, 0) is 0 Å². The van der Waals surface area contributed by atoms with Crippen molar-refractivity contribution < 1.29 is 9.90 Å². The molecule has 2 rings (SSSR count). The molecule has 6 nitrogen and oxygen atoms in total. The number of aliphatic hydroxyl groups excluding tert-OH is 1. The highest BCUT2D eigenvalue weighted by molar-refractivity contribution is 5.95. The Hall–Kier alpha value is -1.95. The molecule has 0 aliphatic carbocycles. The molecule has 6 heteroatoms. The van der Waals surface area contributed by atoms with E-state index in [1.165, 1.54) is 0 Å². The van der Waals surface area contributed by atoms with Gasteiger partial charge in [0.25, 0.3) is 5.91 Å². The Kier molecular flexibility index (Phi) is 4.34. The minimum atomic E-state index is -0.158. The molecule has 1 unspecified atom stereocenters. The number of aromatic nitrogens is 3. The summed E-state index contributed by atoms with van der Waals surface area (Å²) in [6, 6.07) is 1.87. The molecule has 1 amide bonds. The number of nitrogens with one attached hydrogen (secondary N) is 1. The summed E-state index contributed by atoms with van der Waals surface area (Å²) in [7, 11) is 0. The minimum absolute atomic E-state index is 0.135. The Labute approximate surface area is 117 Å². The van der Waals surface area contributed by atoms with Gasteiger partial charge in [0.1, 0.15) is 0 Å². The summed E-state index contributed by atoms with van der Waals surface area (Å²) in [4.78, 5) is 16.4. The molecule has 1 atom stereocenters. The van der Waals surface area contributed by atoms with Crippen molar-refractivity contribution in [1.29, 1.82) is 0 Å². The van der Waals surface area contributed by atoms with Crippen molar-refractivity contribution in [2.24, 2.45) is 5.92 Å². The highest BCUT2D eigenvalue weighted by Gasteiger charge is 2.14. The number of hydrogen-bond acceptors (Lipinski definition) is 4. The monoisotopic (exact) mass is 276 g/mol. The minimum Gasteiger partial charge on any atom is -0.396 e. The van der Waals surface area contributed by atoms with Crippen LogP contribution >= 0.6 is 0 Å². The molecule has 2 N–H and O–H groups in total. The summed E-state index contributed by atoms with van der Waals surface area (Å²) >= 11 is 0. The third-order valence-corrected chi connectivity index (χ3v) is 3.32. The van der Waals surface area contributed by atoms with Gasteiger partial charge in [-0.2, -0.15) is 5.10 Å². The first-order chi connectivity index (χ1) is 9.52. The summed E-state index contributed by atoms with van der Waals surface area (Å²) in [6.45, 7) is 6.41. The second-order valence-electron chi connectivity index (χ2n) is 5.14. The van der Waals surface area contributed by atoms with E-state index in [0.717, 1.165) is 17.0 Å². The number of aliphatic hydroxyl groups is 1. The second-order valence-corrected chi connectivity index (χ2v) is 5.14. The average Bonchev–Trinajstić information content (AvgIpc) is 2.78. The molecule has 0 radical (unpaired) electrons. The maximum atomic E-state index is 12.2. The van der Waals surface area contributed by atoms with Gasteiger partial charge in [0.05, 0.1) is 17.0 Å². The molecular formula is C14H20N4O2. The fourth-order valence-corrected chi connectivity index (χ4v) is 2.07. The molecule has 0 aliphatic rings. The largest absolute Gasteiger partial charge is 0.396 e. The van der Waals surface area contributed by atoms with Crippen LogP contribution in [0.25, 0.3) is 5.65 Å². The van der Waals surface area contributed by atoms with E-state index >= 15 is 0 Å². The van der Waals surface area contributed by atoms with Crippen molar-refractivity contribution in [3.05, 3.63) is 29.2 Å². The average molecular weight is 276 g/mol. The first-order valence-electron chi connectivity index (χ1n) is 6.74. The quantitative estimate of drug-likeness (QED) is 0.857. The molecule has 20 heavy (non-hydrogen) atoms. The number of hydrogen-bond donors (Lipinski definition) is 2. The number of carbonyl (C=O) groups is 1. The lowest BCUT2D eigenvalue weighted by Crippen LogP contribution is -2.29. The van der Waals surface area contributed by atoms with Crippen molar-refractivity contribution in [2.45, 2.75) is 27.2 Å². The normalized spacial score (nSPS) is 12.6. The van der Waals surface area contributed by atoms with E-state index in [9.17, 15) is 4.79 Å². The van der Waals surface area contributed by atoms with Crippen LogP contribution in [0.5, 0.6) is 0 Å². The summed E-state index contributed by atoms with van der Waals surface area (Å²) in [5.41, 5.74) is 2.91. The highest BCUT2D eigenvalue weighted by Crippen LogP contribution is 2.11. The van der Waals surface area contributed by atoms with E-state index in [0.29, 0.717) is 18.5 Å². The van der Waals surface area contributed by atoms with Gasteiger partial charge in [-0.15, -0.1) is 0 Å². The van der Waals surface area contributed by atoms with Gasteiger partial charge in [-0.1, -0.05) is 6.92 Å². The lowest BCUT2D eigenvalue weighted by atomic mass is 10.1. The van der Waals surface area contributed by atoms with Crippen molar-refractivity contribution in [1.82, 2.24) is 19.9 Å². The Balaban J connectivity index is 2.16. The van der Waals surface area contributed by atoms with Gasteiger partial charge in [-0.3, -0.25) is 4.79 Å². The first kappa shape index (κ1) is 14.5. The Morgan fingerprint density at radius 3 is 2.95 bits per heavy atom. The van der Waals surface area contributed by atoms with Gasteiger partial charge in [-0.05, 0) is 26.2 Å². The van der Waals surface area contributed by atoms with Crippen LogP contribution < -0.4 is 5.32 Å². The van der Waals surface area contributed by atoms with Crippen LogP contribution in [0.2, 0.25) is 0 Å². The fourth-order valence-electron chi connectivity index (χ4n) is 2.07.